The number of halogens is 1. The lowest BCUT2D eigenvalue weighted by Crippen LogP contribution is -2.22. The molecule has 3 nitrogen and oxygen atoms in total. The molecule has 0 atom stereocenters. The maximum absolute atomic E-state index is 12.9. The van der Waals surface area contributed by atoms with Crippen molar-refractivity contribution in [3.05, 3.63) is 29.6 Å². The summed E-state index contributed by atoms with van der Waals surface area (Å²) in [6.07, 6.45) is 0. The third-order valence-corrected chi connectivity index (χ3v) is 1.81. The van der Waals surface area contributed by atoms with Crippen molar-refractivity contribution in [2.75, 3.05) is 19.5 Å². The van der Waals surface area contributed by atoms with E-state index in [-0.39, 0.29) is 10.8 Å². The van der Waals surface area contributed by atoms with Crippen LogP contribution in [0, 0.1) is 5.82 Å². The summed E-state index contributed by atoms with van der Waals surface area (Å²) in [6, 6.07) is 4.27. The van der Waals surface area contributed by atoms with Crippen molar-refractivity contribution in [1.29, 1.82) is 0 Å². The van der Waals surface area contributed by atoms with Crippen LogP contribution in [-0.4, -0.2) is 24.1 Å². The molecule has 0 heterocycles. The third-order valence-electron chi connectivity index (χ3n) is 1.59. The van der Waals surface area contributed by atoms with E-state index < -0.39 is 0 Å². The third kappa shape index (κ3) is 2.65. The minimum atomic E-state index is -0.350. The van der Waals surface area contributed by atoms with Gasteiger partial charge in [-0.15, -0.1) is 0 Å². The van der Waals surface area contributed by atoms with E-state index in [4.69, 9.17) is 18.0 Å². The lowest BCUT2D eigenvalue weighted by atomic mass is 10.2. The first kappa shape index (κ1) is 10.9. The highest BCUT2D eigenvalue weighted by molar-refractivity contribution is 7.80. The van der Waals surface area contributed by atoms with Crippen LogP contribution in [0.4, 0.5) is 10.1 Å². The Bertz CT molecular complexity index is 352. The van der Waals surface area contributed by atoms with Gasteiger partial charge in [0, 0.05) is 19.7 Å². The van der Waals surface area contributed by atoms with Gasteiger partial charge in [0.15, 0.2) is 0 Å². The van der Waals surface area contributed by atoms with Crippen LogP contribution >= 0.6 is 12.2 Å². The molecule has 1 aromatic carbocycles. The maximum Gasteiger partial charge on any atom is 0.124 e. The Labute approximate surface area is 87.7 Å². The second-order valence-corrected chi connectivity index (χ2v) is 3.50. The molecule has 0 unspecified atom stereocenters. The summed E-state index contributed by atoms with van der Waals surface area (Å²) in [5, 5.41) is 1.73. The van der Waals surface area contributed by atoms with Gasteiger partial charge >= 0.3 is 0 Å². The van der Waals surface area contributed by atoms with Crippen LogP contribution in [-0.2, 0) is 0 Å². The maximum atomic E-state index is 12.9. The average molecular weight is 213 g/mol. The predicted molar refractivity (Wildman–Crippen MR) is 59.6 cm³/mol. The molecule has 0 saturated carbocycles. The molecule has 5 heteroatoms. The summed E-state index contributed by atoms with van der Waals surface area (Å²) in [5.74, 6) is -0.350. The first-order valence-corrected chi connectivity index (χ1v) is 4.45. The summed E-state index contributed by atoms with van der Waals surface area (Å²) < 4.78 is 12.9. The standard InChI is InChI=1S/C9H12FN3S/c1-13(2)12-8-4-3-6(10)5-7(8)9(11)14/h3-5,12H,1-2H3,(H2,11,14). The first-order valence-electron chi connectivity index (χ1n) is 4.04. The van der Waals surface area contributed by atoms with Crippen LogP contribution in [0.15, 0.2) is 18.2 Å². The topological polar surface area (TPSA) is 41.3 Å². The minimum Gasteiger partial charge on any atom is -0.389 e. The number of nitrogens with one attached hydrogen (secondary N) is 1. The number of hydrogen-bond donors (Lipinski definition) is 2. The fourth-order valence-electron chi connectivity index (χ4n) is 1.06. The first-order chi connectivity index (χ1) is 6.50. The van der Waals surface area contributed by atoms with Crippen LogP contribution in [0.1, 0.15) is 5.56 Å². The van der Waals surface area contributed by atoms with Crippen molar-refractivity contribution in [2.24, 2.45) is 5.73 Å². The van der Waals surface area contributed by atoms with E-state index in [2.05, 4.69) is 5.43 Å². The Hall–Kier alpha value is -1.20. The smallest absolute Gasteiger partial charge is 0.124 e. The van der Waals surface area contributed by atoms with E-state index in [0.29, 0.717) is 11.3 Å². The van der Waals surface area contributed by atoms with Gasteiger partial charge in [0.05, 0.1) is 5.69 Å². The van der Waals surface area contributed by atoms with Crippen molar-refractivity contribution >= 4 is 22.9 Å². The van der Waals surface area contributed by atoms with Gasteiger partial charge in [-0.05, 0) is 18.2 Å². The van der Waals surface area contributed by atoms with Crippen molar-refractivity contribution in [3.63, 3.8) is 0 Å². The molecule has 0 saturated heterocycles. The van der Waals surface area contributed by atoms with Gasteiger partial charge < -0.3 is 11.2 Å². The molecular formula is C9H12FN3S. The Kier molecular flexibility index (Phi) is 3.38. The second-order valence-electron chi connectivity index (χ2n) is 3.06. The van der Waals surface area contributed by atoms with Crippen LogP contribution < -0.4 is 11.2 Å². The molecule has 0 spiro atoms. The van der Waals surface area contributed by atoms with Gasteiger partial charge in [-0.3, -0.25) is 0 Å². The van der Waals surface area contributed by atoms with Crippen molar-refractivity contribution in [2.45, 2.75) is 0 Å². The lowest BCUT2D eigenvalue weighted by molar-refractivity contribution is 0.495. The Morgan fingerprint density at radius 2 is 2.14 bits per heavy atom. The van der Waals surface area contributed by atoms with Crippen LogP contribution in [0.25, 0.3) is 0 Å². The van der Waals surface area contributed by atoms with E-state index in [0.717, 1.165) is 0 Å². The number of benzene rings is 1. The Morgan fingerprint density at radius 1 is 1.50 bits per heavy atom. The fraction of sp³-hybridized carbons (Fsp3) is 0.222. The van der Waals surface area contributed by atoms with Crippen LogP contribution in [0.2, 0.25) is 0 Å². The number of rotatable bonds is 3. The number of thiocarbonyl (C=S) groups is 1. The highest BCUT2D eigenvalue weighted by Crippen LogP contribution is 2.16. The minimum absolute atomic E-state index is 0.175. The fourth-order valence-corrected chi connectivity index (χ4v) is 1.23. The zero-order valence-corrected chi connectivity index (χ0v) is 8.86. The number of anilines is 1. The lowest BCUT2D eigenvalue weighted by Gasteiger charge is -2.16. The van der Waals surface area contributed by atoms with E-state index in [1.807, 2.05) is 14.1 Å². The summed E-state index contributed by atoms with van der Waals surface area (Å²) in [6.45, 7) is 0. The van der Waals surface area contributed by atoms with E-state index in [1.54, 1.807) is 11.1 Å². The predicted octanol–water partition coefficient (Wildman–Crippen LogP) is 1.35. The molecule has 3 N–H and O–H groups in total. The molecule has 0 fully saturated rings. The summed E-state index contributed by atoms with van der Waals surface area (Å²) >= 11 is 4.81. The van der Waals surface area contributed by atoms with Gasteiger partial charge in [-0.25, -0.2) is 9.40 Å². The monoisotopic (exact) mass is 213 g/mol. The molecular weight excluding hydrogens is 201 g/mol. The second kappa shape index (κ2) is 4.34. The van der Waals surface area contributed by atoms with Gasteiger partial charge in [-0.2, -0.15) is 0 Å². The Balaban J connectivity index is 3.08. The molecule has 0 aromatic heterocycles. The van der Waals surface area contributed by atoms with Gasteiger partial charge in [-0.1, -0.05) is 12.2 Å². The van der Waals surface area contributed by atoms with E-state index in [1.165, 1.54) is 12.1 Å². The van der Waals surface area contributed by atoms with E-state index in [9.17, 15) is 4.39 Å². The highest BCUT2D eigenvalue weighted by Gasteiger charge is 2.06. The van der Waals surface area contributed by atoms with Gasteiger partial charge in [0.2, 0.25) is 0 Å². The molecule has 1 aromatic rings. The normalized spacial score (nSPS) is 10.3. The van der Waals surface area contributed by atoms with Crippen molar-refractivity contribution in [3.8, 4) is 0 Å². The number of hydrogen-bond acceptors (Lipinski definition) is 3. The summed E-state index contributed by atoms with van der Waals surface area (Å²) in [4.78, 5) is 0.175. The number of hydrazine groups is 1. The van der Waals surface area contributed by atoms with E-state index >= 15 is 0 Å². The van der Waals surface area contributed by atoms with Crippen LogP contribution in [0.5, 0.6) is 0 Å². The molecule has 0 radical (unpaired) electrons. The molecule has 0 aliphatic heterocycles. The zero-order valence-electron chi connectivity index (χ0n) is 8.04. The quantitative estimate of drug-likeness (QED) is 0.587. The number of nitrogens with zero attached hydrogens (tertiary/aromatic N) is 1. The van der Waals surface area contributed by atoms with Gasteiger partial charge in [0.25, 0.3) is 0 Å². The highest BCUT2D eigenvalue weighted by atomic mass is 32.1. The molecule has 0 bridgehead atoms. The van der Waals surface area contributed by atoms with Gasteiger partial charge in [0.1, 0.15) is 10.8 Å². The SMILES string of the molecule is CN(C)Nc1ccc(F)cc1C(N)=S. The van der Waals surface area contributed by atoms with Crippen molar-refractivity contribution in [1.82, 2.24) is 5.01 Å². The molecule has 0 aliphatic carbocycles. The molecule has 76 valence electrons. The van der Waals surface area contributed by atoms with Crippen molar-refractivity contribution < 1.29 is 4.39 Å². The number of nitrogens with two attached hydrogens (primary N) is 1. The molecule has 1 rings (SSSR count). The van der Waals surface area contributed by atoms with Crippen LogP contribution in [0.3, 0.4) is 0 Å². The molecule has 14 heavy (non-hydrogen) atoms. The molecule has 0 amide bonds. The summed E-state index contributed by atoms with van der Waals surface area (Å²) in [7, 11) is 3.65. The zero-order chi connectivity index (χ0) is 10.7. The molecule has 0 aliphatic rings. The average Bonchev–Trinajstić information content (AvgIpc) is 2.07. The largest absolute Gasteiger partial charge is 0.389 e. The Morgan fingerprint density at radius 3 is 2.64 bits per heavy atom. The summed E-state index contributed by atoms with van der Waals surface area (Å²) in [5.41, 5.74) is 9.65.